The summed E-state index contributed by atoms with van der Waals surface area (Å²) in [7, 11) is 0. The van der Waals surface area contributed by atoms with Crippen LogP contribution in [-0.4, -0.2) is 25.2 Å². The van der Waals surface area contributed by atoms with E-state index in [0.717, 1.165) is 17.0 Å². The minimum absolute atomic E-state index is 0.0636. The Bertz CT molecular complexity index is 756. The molecule has 0 heterocycles. The molecule has 2 N–H and O–H groups in total. The molecule has 2 aromatic carbocycles. The Morgan fingerprint density at radius 3 is 2.65 bits per heavy atom. The monoisotopic (exact) mass is 354 g/mol. The number of hydrogen-bond acceptors (Lipinski definition) is 4. The van der Waals surface area contributed by atoms with Crippen molar-refractivity contribution in [2.75, 3.05) is 23.8 Å². The lowest BCUT2D eigenvalue weighted by Crippen LogP contribution is -2.22. The zero-order chi connectivity index (χ0) is 18.9. The molecule has 0 unspecified atom stereocenters. The highest BCUT2D eigenvalue weighted by atomic mass is 16.5. The van der Waals surface area contributed by atoms with E-state index in [1.165, 1.54) is 0 Å². The van der Waals surface area contributed by atoms with Gasteiger partial charge in [-0.3, -0.25) is 4.79 Å². The molecule has 5 nitrogen and oxygen atoms in total. The number of carbonyl (C=O) groups is 1. The largest absolute Gasteiger partial charge is 0.489 e. The van der Waals surface area contributed by atoms with Crippen LogP contribution in [0, 0.1) is 0 Å². The average Bonchev–Trinajstić information content (AvgIpc) is 2.59. The van der Waals surface area contributed by atoms with Gasteiger partial charge in [-0.2, -0.15) is 0 Å². The van der Waals surface area contributed by atoms with Gasteiger partial charge in [-0.05, 0) is 50.6 Å². The standard InChI is InChI=1S/C21H26N2O3/c1-15(2)14-25-18-9-7-8-17(12-18)23-21(24)13-22-19-10-5-6-11-20(19)26-16(3)4/h5-12,16,22H,1,13-14H2,2-4H3,(H,23,24). The summed E-state index contributed by atoms with van der Waals surface area (Å²) < 4.78 is 11.3. The molecule has 0 aliphatic heterocycles. The van der Waals surface area contributed by atoms with Crippen LogP contribution in [0.15, 0.2) is 60.7 Å². The van der Waals surface area contributed by atoms with E-state index in [1.54, 1.807) is 6.07 Å². The minimum Gasteiger partial charge on any atom is -0.489 e. The zero-order valence-corrected chi connectivity index (χ0v) is 15.5. The Morgan fingerprint density at radius 1 is 1.15 bits per heavy atom. The summed E-state index contributed by atoms with van der Waals surface area (Å²) in [5.41, 5.74) is 2.41. The average molecular weight is 354 g/mol. The molecule has 0 fully saturated rings. The Balaban J connectivity index is 1.91. The van der Waals surface area contributed by atoms with Gasteiger partial charge < -0.3 is 20.1 Å². The van der Waals surface area contributed by atoms with E-state index in [4.69, 9.17) is 9.47 Å². The van der Waals surface area contributed by atoms with Gasteiger partial charge in [0, 0.05) is 11.8 Å². The van der Waals surface area contributed by atoms with E-state index in [-0.39, 0.29) is 18.6 Å². The fraction of sp³-hybridized carbons (Fsp3) is 0.286. The summed E-state index contributed by atoms with van der Waals surface area (Å²) in [6, 6.07) is 14.9. The molecular formula is C21H26N2O3. The quantitative estimate of drug-likeness (QED) is 0.652. The van der Waals surface area contributed by atoms with Crippen molar-refractivity contribution in [3.8, 4) is 11.5 Å². The molecule has 0 saturated carbocycles. The van der Waals surface area contributed by atoms with E-state index in [9.17, 15) is 4.79 Å². The SMILES string of the molecule is C=C(C)COc1cccc(NC(=O)CNc2ccccc2OC(C)C)c1. The number of rotatable bonds is 9. The first-order chi connectivity index (χ1) is 12.4. The number of ether oxygens (including phenoxy) is 2. The lowest BCUT2D eigenvalue weighted by Gasteiger charge is -2.15. The lowest BCUT2D eigenvalue weighted by molar-refractivity contribution is -0.114. The van der Waals surface area contributed by atoms with Crippen molar-refractivity contribution in [1.29, 1.82) is 0 Å². The molecule has 5 heteroatoms. The molecule has 0 aliphatic rings. The maximum Gasteiger partial charge on any atom is 0.243 e. The summed E-state index contributed by atoms with van der Waals surface area (Å²) >= 11 is 0. The highest BCUT2D eigenvalue weighted by Gasteiger charge is 2.08. The van der Waals surface area contributed by atoms with Crippen LogP contribution in [0.2, 0.25) is 0 Å². The third kappa shape index (κ3) is 6.51. The smallest absolute Gasteiger partial charge is 0.243 e. The van der Waals surface area contributed by atoms with Gasteiger partial charge in [-0.25, -0.2) is 0 Å². The molecule has 0 atom stereocenters. The fourth-order valence-corrected chi connectivity index (χ4v) is 2.22. The molecule has 1 amide bonds. The predicted octanol–water partition coefficient (Wildman–Crippen LogP) is 4.48. The van der Waals surface area contributed by atoms with Gasteiger partial charge in [0.2, 0.25) is 5.91 Å². The van der Waals surface area contributed by atoms with Crippen LogP contribution in [-0.2, 0) is 4.79 Å². The normalized spacial score (nSPS) is 10.3. The number of hydrogen-bond donors (Lipinski definition) is 2. The van der Waals surface area contributed by atoms with E-state index in [1.807, 2.05) is 63.2 Å². The molecule has 0 saturated heterocycles. The van der Waals surface area contributed by atoms with Crippen molar-refractivity contribution in [2.45, 2.75) is 26.9 Å². The van der Waals surface area contributed by atoms with Gasteiger partial charge in [0.1, 0.15) is 18.1 Å². The molecule has 0 bridgehead atoms. The number of nitrogens with one attached hydrogen (secondary N) is 2. The summed E-state index contributed by atoms with van der Waals surface area (Å²) in [6.07, 6.45) is 0.0636. The minimum atomic E-state index is -0.151. The molecular weight excluding hydrogens is 328 g/mol. The fourth-order valence-electron chi connectivity index (χ4n) is 2.22. The molecule has 2 rings (SSSR count). The molecule has 0 aromatic heterocycles. The number of amides is 1. The van der Waals surface area contributed by atoms with Crippen LogP contribution < -0.4 is 20.1 Å². The summed E-state index contributed by atoms with van der Waals surface area (Å²) in [4.78, 5) is 12.2. The Kier molecular flexibility index (Phi) is 7.09. The first kappa shape index (κ1) is 19.4. The van der Waals surface area contributed by atoms with Crippen molar-refractivity contribution in [3.05, 3.63) is 60.7 Å². The second kappa shape index (κ2) is 9.51. The number of carbonyl (C=O) groups excluding carboxylic acids is 1. The third-order valence-electron chi connectivity index (χ3n) is 3.29. The van der Waals surface area contributed by atoms with Crippen molar-refractivity contribution in [2.24, 2.45) is 0 Å². The molecule has 138 valence electrons. The predicted molar refractivity (Wildman–Crippen MR) is 106 cm³/mol. The van der Waals surface area contributed by atoms with E-state index >= 15 is 0 Å². The van der Waals surface area contributed by atoms with Crippen LogP contribution in [0.25, 0.3) is 0 Å². The van der Waals surface area contributed by atoms with Crippen LogP contribution >= 0.6 is 0 Å². The maximum atomic E-state index is 12.2. The summed E-state index contributed by atoms with van der Waals surface area (Å²) in [6.45, 7) is 10.2. The molecule has 0 radical (unpaired) electrons. The van der Waals surface area contributed by atoms with Gasteiger partial charge in [0.15, 0.2) is 0 Å². The Morgan fingerprint density at radius 2 is 1.92 bits per heavy atom. The Labute approximate surface area is 155 Å². The van der Waals surface area contributed by atoms with Crippen LogP contribution in [0.5, 0.6) is 11.5 Å². The van der Waals surface area contributed by atoms with Gasteiger partial charge in [0.25, 0.3) is 0 Å². The highest BCUT2D eigenvalue weighted by Crippen LogP contribution is 2.24. The second-order valence-corrected chi connectivity index (χ2v) is 6.34. The second-order valence-electron chi connectivity index (χ2n) is 6.34. The first-order valence-electron chi connectivity index (χ1n) is 8.60. The Hall–Kier alpha value is -2.95. The van der Waals surface area contributed by atoms with E-state index in [2.05, 4.69) is 17.2 Å². The number of benzene rings is 2. The van der Waals surface area contributed by atoms with Crippen LogP contribution in [0.4, 0.5) is 11.4 Å². The van der Waals surface area contributed by atoms with Gasteiger partial charge in [-0.15, -0.1) is 0 Å². The first-order valence-corrected chi connectivity index (χ1v) is 8.60. The molecule has 26 heavy (non-hydrogen) atoms. The topological polar surface area (TPSA) is 59.6 Å². The van der Waals surface area contributed by atoms with Crippen LogP contribution in [0.1, 0.15) is 20.8 Å². The maximum absolute atomic E-state index is 12.2. The van der Waals surface area contributed by atoms with Crippen LogP contribution in [0.3, 0.4) is 0 Å². The van der Waals surface area contributed by atoms with Crippen molar-refractivity contribution >= 4 is 17.3 Å². The van der Waals surface area contributed by atoms with Crippen molar-refractivity contribution in [1.82, 2.24) is 0 Å². The summed E-state index contributed by atoms with van der Waals surface area (Å²) in [5, 5.41) is 5.97. The van der Waals surface area contributed by atoms with E-state index < -0.39 is 0 Å². The molecule has 0 aliphatic carbocycles. The summed E-state index contributed by atoms with van der Waals surface area (Å²) in [5.74, 6) is 1.27. The zero-order valence-electron chi connectivity index (χ0n) is 15.5. The van der Waals surface area contributed by atoms with E-state index in [0.29, 0.717) is 18.0 Å². The third-order valence-corrected chi connectivity index (χ3v) is 3.29. The van der Waals surface area contributed by atoms with Gasteiger partial charge >= 0.3 is 0 Å². The van der Waals surface area contributed by atoms with Crippen molar-refractivity contribution < 1.29 is 14.3 Å². The van der Waals surface area contributed by atoms with Gasteiger partial charge in [-0.1, -0.05) is 24.8 Å². The highest BCUT2D eigenvalue weighted by molar-refractivity contribution is 5.94. The number of anilines is 2. The number of para-hydroxylation sites is 2. The molecule has 0 spiro atoms. The van der Waals surface area contributed by atoms with Crippen molar-refractivity contribution in [3.63, 3.8) is 0 Å². The lowest BCUT2D eigenvalue weighted by atomic mass is 10.2. The molecule has 2 aromatic rings. The van der Waals surface area contributed by atoms with Gasteiger partial charge in [0.05, 0.1) is 18.3 Å².